The monoisotopic (exact) mass is 213 g/mol. The van der Waals surface area contributed by atoms with Crippen molar-refractivity contribution in [1.29, 1.82) is 0 Å². The molecule has 1 N–H and O–H groups in total. The number of hydrogen-bond donors (Lipinski definition) is 1. The maximum absolute atomic E-state index is 10.8. The van der Waals surface area contributed by atoms with Crippen LogP contribution in [0.1, 0.15) is 6.92 Å². The van der Waals surface area contributed by atoms with Gasteiger partial charge in [-0.2, -0.15) is 0 Å². The summed E-state index contributed by atoms with van der Waals surface area (Å²) < 4.78 is 0. The molecule has 0 atom stereocenters. The van der Waals surface area contributed by atoms with Crippen LogP contribution in [0.5, 0.6) is 0 Å². The van der Waals surface area contributed by atoms with Crippen molar-refractivity contribution in [3.05, 3.63) is 42.9 Å². The zero-order valence-corrected chi connectivity index (χ0v) is 8.84. The van der Waals surface area contributed by atoms with Gasteiger partial charge in [0.2, 0.25) is 5.91 Å². The highest BCUT2D eigenvalue weighted by Gasteiger charge is 1.99. The smallest absolute Gasteiger partial charge is 0.221 e. The molecule has 0 fully saturated rings. The Balaban J connectivity index is 2.23. The molecule has 0 unspecified atom stereocenters. The SMILES string of the molecule is CC(=O)Nc1ccc(-c2cnccn2)cc1. The Hall–Kier alpha value is -2.23. The van der Waals surface area contributed by atoms with Crippen molar-refractivity contribution in [3.8, 4) is 11.3 Å². The molecule has 0 aliphatic heterocycles. The highest BCUT2D eigenvalue weighted by atomic mass is 16.1. The summed E-state index contributed by atoms with van der Waals surface area (Å²) in [5.74, 6) is -0.0766. The zero-order chi connectivity index (χ0) is 11.4. The van der Waals surface area contributed by atoms with Gasteiger partial charge in [-0.25, -0.2) is 0 Å². The molecular formula is C12H11N3O. The molecule has 0 saturated carbocycles. The second-order valence-corrected chi connectivity index (χ2v) is 3.35. The Morgan fingerprint density at radius 2 is 1.94 bits per heavy atom. The Morgan fingerprint density at radius 3 is 2.50 bits per heavy atom. The molecule has 2 aromatic rings. The molecule has 0 aliphatic rings. The molecule has 0 bridgehead atoms. The molecule has 4 heteroatoms. The van der Waals surface area contributed by atoms with E-state index in [-0.39, 0.29) is 5.91 Å². The molecule has 1 aromatic heterocycles. The third-order valence-corrected chi connectivity index (χ3v) is 2.06. The van der Waals surface area contributed by atoms with E-state index in [0.29, 0.717) is 0 Å². The second-order valence-electron chi connectivity index (χ2n) is 3.35. The predicted molar refractivity (Wildman–Crippen MR) is 61.8 cm³/mol. The molecular weight excluding hydrogens is 202 g/mol. The van der Waals surface area contributed by atoms with Gasteiger partial charge in [0.05, 0.1) is 11.9 Å². The first kappa shape index (κ1) is 10.3. The second kappa shape index (κ2) is 4.53. The number of rotatable bonds is 2. The number of benzene rings is 1. The molecule has 0 aliphatic carbocycles. The Bertz CT molecular complexity index is 479. The maximum Gasteiger partial charge on any atom is 0.221 e. The summed E-state index contributed by atoms with van der Waals surface area (Å²) in [6.07, 6.45) is 4.99. The van der Waals surface area contributed by atoms with Crippen molar-refractivity contribution < 1.29 is 4.79 Å². The molecule has 16 heavy (non-hydrogen) atoms. The number of carbonyl (C=O) groups excluding carboxylic acids is 1. The fourth-order valence-electron chi connectivity index (χ4n) is 1.38. The minimum atomic E-state index is -0.0766. The van der Waals surface area contributed by atoms with Crippen LogP contribution in [0.3, 0.4) is 0 Å². The maximum atomic E-state index is 10.8. The first-order valence-electron chi connectivity index (χ1n) is 4.90. The van der Waals surface area contributed by atoms with Crippen molar-refractivity contribution in [1.82, 2.24) is 9.97 Å². The van der Waals surface area contributed by atoms with E-state index in [2.05, 4.69) is 15.3 Å². The van der Waals surface area contributed by atoms with Crippen LogP contribution in [0.25, 0.3) is 11.3 Å². The lowest BCUT2D eigenvalue weighted by Gasteiger charge is -2.03. The van der Waals surface area contributed by atoms with Gasteiger partial charge in [0.25, 0.3) is 0 Å². The van der Waals surface area contributed by atoms with E-state index >= 15 is 0 Å². The highest BCUT2D eigenvalue weighted by molar-refractivity contribution is 5.88. The van der Waals surface area contributed by atoms with Crippen molar-refractivity contribution in [2.75, 3.05) is 5.32 Å². The quantitative estimate of drug-likeness (QED) is 0.831. The van der Waals surface area contributed by atoms with Crippen molar-refractivity contribution in [3.63, 3.8) is 0 Å². The van der Waals surface area contributed by atoms with Crippen LogP contribution < -0.4 is 5.32 Å². The normalized spacial score (nSPS) is 9.81. The summed E-state index contributed by atoms with van der Waals surface area (Å²) in [6, 6.07) is 7.47. The van der Waals surface area contributed by atoms with Gasteiger partial charge < -0.3 is 5.32 Å². The van der Waals surface area contributed by atoms with Crippen LogP contribution in [0.2, 0.25) is 0 Å². The minimum Gasteiger partial charge on any atom is -0.326 e. The fraction of sp³-hybridized carbons (Fsp3) is 0.0833. The Kier molecular flexibility index (Phi) is 2.91. The number of amides is 1. The molecule has 1 heterocycles. The molecule has 0 saturated heterocycles. The summed E-state index contributed by atoms with van der Waals surface area (Å²) in [4.78, 5) is 19.0. The molecule has 1 amide bonds. The van der Waals surface area contributed by atoms with E-state index in [0.717, 1.165) is 16.9 Å². The molecule has 0 spiro atoms. The first-order valence-corrected chi connectivity index (χ1v) is 4.90. The average molecular weight is 213 g/mol. The summed E-state index contributed by atoms with van der Waals surface area (Å²) in [6.45, 7) is 1.48. The third-order valence-electron chi connectivity index (χ3n) is 2.06. The van der Waals surface area contributed by atoms with Crippen LogP contribution in [0, 0.1) is 0 Å². The van der Waals surface area contributed by atoms with Gasteiger partial charge in [0.1, 0.15) is 0 Å². The lowest BCUT2D eigenvalue weighted by Crippen LogP contribution is -2.05. The number of anilines is 1. The van der Waals surface area contributed by atoms with E-state index in [9.17, 15) is 4.79 Å². The summed E-state index contributed by atoms with van der Waals surface area (Å²) in [5, 5.41) is 2.71. The number of nitrogens with zero attached hydrogens (tertiary/aromatic N) is 2. The van der Waals surface area contributed by atoms with Crippen LogP contribution in [0.4, 0.5) is 5.69 Å². The zero-order valence-electron chi connectivity index (χ0n) is 8.84. The summed E-state index contributed by atoms with van der Waals surface area (Å²) >= 11 is 0. The van der Waals surface area contributed by atoms with E-state index < -0.39 is 0 Å². The number of aromatic nitrogens is 2. The largest absolute Gasteiger partial charge is 0.326 e. The highest BCUT2D eigenvalue weighted by Crippen LogP contribution is 2.18. The lowest BCUT2D eigenvalue weighted by molar-refractivity contribution is -0.114. The fourth-order valence-corrected chi connectivity index (χ4v) is 1.38. The number of nitrogens with one attached hydrogen (secondary N) is 1. The Morgan fingerprint density at radius 1 is 1.19 bits per heavy atom. The standard InChI is InChI=1S/C12H11N3O/c1-9(16)15-11-4-2-10(3-5-11)12-8-13-6-7-14-12/h2-8H,1H3,(H,15,16). The van der Waals surface area contributed by atoms with Gasteiger partial charge in [-0.3, -0.25) is 14.8 Å². The summed E-state index contributed by atoms with van der Waals surface area (Å²) in [7, 11) is 0. The molecule has 1 aromatic carbocycles. The van der Waals surface area contributed by atoms with Gasteiger partial charge in [-0.15, -0.1) is 0 Å². The topological polar surface area (TPSA) is 54.9 Å². The van der Waals surface area contributed by atoms with Crippen molar-refractivity contribution in [2.24, 2.45) is 0 Å². The van der Waals surface area contributed by atoms with E-state index in [1.807, 2.05) is 24.3 Å². The summed E-state index contributed by atoms with van der Waals surface area (Å²) in [5.41, 5.74) is 2.57. The van der Waals surface area contributed by atoms with Gasteiger partial charge >= 0.3 is 0 Å². The average Bonchev–Trinajstić information content (AvgIpc) is 2.30. The predicted octanol–water partition coefficient (Wildman–Crippen LogP) is 2.10. The van der Waals surface area contributed by atoms with Gasteiger partial charge in [-0.1, -0.05) is 12.1 Å². The molecule has 80 valence electrons. The third kappa shape index (κ3) is 2.42. The molecule has 0 radical (unpaired) electrons. The van der Waals surface area contributed by atoms with Crippen LogP contribution in [-0.4, -0.2) is 15.9 Å². The lowest BCUT2D eigenvalue weighted by atomic mass is 10.1. The number of carbonyl (C=O) groups is 1. The van der Waals surface area contributed by atoms with Crippen LogP contribution >= 0.6 is 0 Å². The van der Waals surface area contributed by atoms with Crippen molar-refractivity contribution >= 4 is 11.6 Å². The van der Waals surface area contributed by atoms with Gasteiger partial charge in [0, 0.05) is 30.6 Å². The Labute approximate surface area is 93.4 Å². The van der Waals surface area contributed by atoms with Crippen LogP contribution in [-0.2, 0) is 4.79 Å². The molecule has 4 nitrogen and oxygen atoms in total. The van der Waals surface area contributed by atoms with Gasteiger partial charge in [0.15, 0.2) is 0 Å². The number of hydrogen-bond acceptors (Lipinski definition) is 3. The van der Waals surface area contributed by atoms with Crippen LogP contribution in [0.15, 0.2) is 42.9 Å². The van der Waals surface area contributed by atoms with Crippen molar-refractivity contribution in [2.45, 2.75) is 6.92 Å². The minimum absolute atomic E-state index is 0.0766. The van der Waals surface area contributed by atoms with Gasteiger partial charge in [-0.05, 0) is 12.1 Å². The van der Waals surface area contributed by atoms with E-state index in [1.54, 1.807) is 18.6 Å². The molecule has 2 rings (SSSR count). The first-order chi connectivity index (χ1) is 7.75. The van der Waals surface area contributed by atoms with E-state index in [4.69, 9.17) is 0 Å². The van der Waals surface area contributed by atoms with E-state index in [1.165, 1.54) is 6.92 Å².